The fraction of sp³-hybridized carbons (Fsp3) is 0.381. The van der Waals surface area contributed by atoms with Gasteiger partial charge in [0.2, 0.25) is 15.9 Å². The third-order valence-electron chi connectivity index (χ3n) is 4.93. The average molecular weight is 467 g/mol. The molecule has 0 saturated carbocycles. The fourth-order valence-electron chi connectivity index (χ4n) is 3.54. The first-order chi connectivity index (χ1) is 14.7. The Hall–Kier alpha value is -2.43. The maximum Gasteiger partial charge on any atom is 0.244 e. The van der Waals surface area contributed by atoms with E-state index in [2.05, 4.69) is 5.32 Å². The smallest absolute Gasteiger partial charge is 0.244 e. The Kier molecular flexibility index (Phi) is 7.03. The molecule has 1 heterocycles. The van der Waals surface area contributed by atoms with E-state index in [9.17, 15) is 13.2 Å². The van der Waals surface area contributed by atoms with Gasteiger partial charge in [0.1, 0.15) is 5.75 Å². The lowest BCUT2D eigenvalue weighted by Crippen LogP contribution is -2.31. The summed E-state index contributed by atoms with van der Waals surface area (Å²) in [5, 5.41) is 2.20. The molecule has 8 nitrogen and oxygen atoms in total. The van der Waals surface area contributed by atoms with Gasteiger partial charge in [-0.1, -0.05) is 0 Å². The molecule has 1 aliphatic rings. The summed E-state index contributed by atoms with van der Waals surface area (Å²) in [5.74, 6) is 1.95. The summed E-state index contributed by atoms with van der Waals surface area (Å²) in [6.07, 6.45) is 0. The number of nitrogens with zero attached hydrogens (tertiary/aromatic N) is 1. The molecule has 1 saturated heterocycles. The third-order valence-corrected chi connectivity index (χ3v) is 8.33. The van der Waals surface area contributed by atoms with Gasteiger partial charge in [0.15, 0.2) is 11.5 Å². The van der Waals surface area contributed by atoms with E-state index in [-0.39, 0.29) is 10.8 Å². The minimum absolute atomic E-state index is 0.202. The van der Waals surface area contributed by atoms with E-state index in [0.29, 0.717) is 46.4 Å². The molecule has 1 unspecified atom stereocenters. The second kappa shape index (κ2) is 9.37. The highest BCUT2D eigenvalue weighted by molar-refractivity contribution is 8.01. The zero-order valence-electron chi connectivity index (χ0n) is 18.1. The zero-order valence-corrected chi connectivity index (χ0v) is 19.7. The van der Waals surface area contributed by atoms with Crippen LogP contribution in [0.25, 0.3) is 0 Å². The van der Waals surface area contributed by atoms with E-state index in [4.69, 9.17) is 14.2 Å². The van der Waals surface area contributed by atoms with E-state index < -0.39 is 15.4 Å². The quantitative estimate of drug-likeness (QED) is 0.668. The van der Waals surface area contributed by atoms with Crippen LogP contribution < -0.4 is 19.5 Å². The summed E-state index contributed by atoms with van der Waals surface area (Å²) in [6.45, 7) is 3.48. The molecular weight excluding hydrogens is 440 g/mol. The van der Waals surface area contributed by atoms with Crippen molar-refractivity contribution in [2.75, 3.05) is 38.9 Å². The van der Waals surface area contributed by atoms with Crippen molar-refractivity contribution in [1.29, 1.82) is 0 Å². The van der Waals surface area contributed by atoms with Crippen molar-refractivity contribution >= 4 is 33.4 Å². The predicted octanol–water partition coefficient (Wildman–Crippen LogP) is 3.42. The molecular formula is C21H26N2O6S2. The van der Waals surface area contributed by atoms with E-state index in [1.807, 2.05) is 0 Å². The van der Waals surface area contributed by atoms with E-state index in [1.54, 1.807) is 31.2 Å². The van der Waals surface area contributed by atoms with Gasteiger partial charge in [-0.15, -0.1) is 11.8 Å². The number of carbonyl (C=O) groups is 1. The number of hydrogen-bond acceptors (Lipinski definition) is 7. The third kappa shape index (κ3) is 4.60. The van der Waals surface area contributed by atoms with Gasteiger partial charge >= 0.3 is 0 Å². The summed E-state index contributed by atoms with van der Waals surface area (Å²) < 4.78 is 44.9. The van der Waals surface area contributed by atoms with Crippen LogP contribution in [0.4, 0.5) is 5.69 Å². The molecule has 1 aliphatic heterocycles. The van der Waals surface area contributed by atoms with Crippen LogP contribution in [-0.4, -0.2) is 52.3 Å². The normalized spacial score (nSPS) is 16.7. The Bertz CT molecular complexity index is 1090. The number of anilines is 1. The lowest BCUT2D eigenvalue weighted by molar-refractivity contribution is -0.114. The SMILES string of the molecule is COc1cc(OC)c(C2SCCN2S(=O)(=O)c2ccc(NC(C)=O)cc2C)cc1OC. The molecule has 1 atom stereocenters. The number of methoxy groups -OCH3 is 3. The predicted molar refractivity (Wildman–Crippen MR) is 121 cm³/mol. The van der Waals surface area contributed by atoms with Crippen molar-refractivity contribution in [3.63, 3.8) is 0 Å². The van der Waals surface area contributed by atoms with Gasteiger partial charge < -0.3 is 19.5 Å². The maximum atomic E-state index is 13.6. The van der Waals surface area contributed by atoms with Crippen LogP contribution in [0.5, 0.6) is 17.2 Å². The van der Waals surface area contributed by atoms with Gasteiger partial charge in [-0.25, -0.2) is 8.42 Å². The number of thioether (sulfide) groups is 1. The number of ether oxygens (including phenoxy) is 3. The van der Waals surface area contributed by atoms with Gasteiger partial charge in [-0.3, -0.25) is 4.79 Å². The molecule has 31 heavy (non-hydrogen) atoms. The summed E-state index contributed by atoms with van der Waals surface area (Å²) >= 11 is 1.52. The highest BCUT2D eigenvalue weighted by atomic mass is 32.2. The molecule has 3 rings (SSSR count). The topological polar surface area (TPSA) is 94.2 Å². The lowest BCUT2D eigenvalue weighted by Gasteiger charge is -2.26. The van der Waals surface area contributed by atoms with Crippen LogP contribution in [0.15, 0.2) is 35.2 Å². The van der Waals surface area contributed by atoms with Gasteiger partial charge in [-0.2, -0.15) is 4.31 Å². The molecule has 0 radical (unpaired) electrons. The summed E-state index contributed by atoms with van der Waals surface area (Å²) in [4.78, 5) is 11.5. The molecule has 0 aromatic heterocycles. The first kappa shape index (κ1) is 23.2. The van der Waals surface area contributed by atoms with Crippen molar-refractivity contribution in [1.82, 2.24) is 4.31 Å². The number of aryl methyl sites for hydroxylation is 1. The minimum Gasteiger partial charge on any atom is -0.496 e. The molecule has 2 aromatic rings. The fourth-order valence-corrected chi connectivity index (χ4v) is 6.99. The Morgan fingerprint density at radius 1 is 1.06 bits per heavy atom. The van der Waals surface area contributed by atoms with Crippen molar-refractivity contribution in [3.05, 3.63) is 41.5 Å². The first-order valence-electron chi connectivity index (χ1n) is 9.54. The number of carbonyl (C=O) groups excluding carboxylic acids is 1. The largest absolute Gasteiger partial charge is 0.496 e. The lowest BCUT2D eigenvalue weighted by atomic mass is 10.1. The zero-order chi connectivity index (χ0) is 22.8. The van der Waals surface area contributed by atoms with Crippen LogP contribution in [0.2, 0.25) is 0 Å². The Morgan fingerprint density at radius 2 is 1.71 bits per heavy atom. The van der Waals surface area contributed by atoms with Crippen LogP contribution >= 0.6 is 11.8 Å². The molecule has 0 aliphatic carbocycles. The minimum atomic E-state index is -3.80. The number of benzene rings is 2. The average Bonchev–Trinajstić information content (AvgIpc) is 3.22. The van der Waals surface area contributed by atoms with E-state index >= 15 is 0 Å². The summed E-state index contributed by atoms with van der Waals surface area (Å²) in [6, 6.07) is 8.24. The number of rotatable bonds is 7. The van der Waals surface area contributed by atoms with Crippen LogP contribution in [0.1, 0.15) is 23.4 Å². The van der Waals surface area contributed by atoms with Crippen molar-refractivity contribution in [2.24, 2.45) is 0 Å². The maximum absolute atomic E-state index is 13.6. The monoisotopic (exact) mass is 466 g/mol. The molecule has 10 heteroatoms. The van der Waals surface area contributed by atoms with Gasteiger partial charge in [0.05, 0.1) is 31.6 Å². The molecule has 2 aromatic carbocycles. The Labute approximate surface area is 186 Å². The van der Waals surface area contributed by atoms with E-state index in [1.165, 1.54) is 50.4 Å². The van der Waals surface area contributed by atoms with Gasteiger partial charge in [0, 0.05) is 36.5 Å². The van der Waals surface area contributed by atoms with Crippen molar-refractivity contribution in [3.8, 4) is 17.2 Å². The molecule has 1 N–H and O–H groups in total. The second-order valence-electron chi connectivity index (χ2n) is 6.95. The molecule has 0 spiro atoms. The number of nitrogens with one attached hydrogen (secondary N) is 1. The van der Waals surface area contributed by atoms with Gasteiger partial charge in [-0.05, 0) is 36.8 Å². The van der Waals surface area contributed by atoms with Crippen LogP contribution in [-0.2, 0) is 14.8 Å². The van der Waals surface area contributed by atoms with Gasteiger partial charge in [0.25, 0.3) is 0 Å². The standard InChI is InChI=1S/C21H26N2O6S2/c1-13-10-15(22-14(2)24)6-7-20(13)31(25,26)23-8-9-30-21(23)16-11-18(28-4)19(29-5)12-17(16)27-3/h6-7,10-12,21H,8-9H2,1-5H3,(H,22,24). The summed E-state index contributed by atoms with van der Waals surface area (Å²) in [7, 11) is 0.801. The first-order valence-corrected chi connectivity index (χ1v) is 12.0. The van der Waals surface area contributed by atoms with E-state index in [0.717, 1.165) is 0 Å². The molecule has 1 amide bonds. The second-order valence-corrected chi connectivity index (χ2v) is 10.00. The van der Waals surface area contributed by atoms with Crippen LogP contribution in [0.3, 0.4) is 0 Å². The highest BCUT2D eigenvalue weighted by Crippen LogP contribution is 2.48. The summed E-state index contributed by atoms with van der Waals surface area (Å²) in [5.41, 5.74) is 1.80. The number of hydrogen-bond donors (Lipinski definition) is 1. The van der Waals surface area contributed by atoms with Crippen LogP contribution in [0, 0.1) is 6.92 Å². The molecule has 1 fully saturated rings. The van der Waals surface area contributed by atoms with Crippen molar-refractivity contribution < 1.29 is 27.4 Å². The Morgan fingerprint density at radius 3 is 2.29 bits per heavy atom. The number of sulfonamides is 1. The van der Waals surface area contributed by atoms with Crippen molar-refractivity contribution in [2.45, 2.75) is 24.1 Å². The Balaban J connectivity index is 2.03. The number of amides is 1. The highest BCUT2D eigenvalue weighted by Gasteiger charge is 2.39. The molecule has 0 bridgehead atoms. The molecule has 168 valence electrons.